The minimum Gasteiger partial charge on any atom is -0.357 e. The Hall–Kier alpha value is -2.11. The molecule has 0 saturated heterocycles. The molecule has 0 radical (unpaired) electrons. The molecule has 3 N–H and O–H groups in total. The standard InChI is InChI=1S/C15H14ClN3OS/c16-13-9-5-4-8-12(13)14(20)18-19-15(21)17-10-11-6-2-1-3-7-11/h1-9H,10H2,(H,18,20)(H2,17,19,21). The second-order valence-electron chi connectivity index (χ2n) is 4.23. The summed E-state index contributed by atoms with van der Waals surface area (Å²) in [6.45, 7) is 0.578. The molecule has 2 rings (SSSR count). The van der Waals surface area contributed by atoms with Crippen molar-refractivity contribution in [2.24, 2.45) is 0 Å². The number of carbonyl (C=O) groups is 1. The third-order valence-electron chi connectivity index (χ3n) is 2.70. The molecule has 2 aromatic rings. The molecule has 0 unspecified atom stereocenters. The van der Waals surface area contributed by atoms with Crippen molar-refractivity contribution in [3.8, 4) is 0 Å². The van der Waals surface area contributed by atoms with Gasteiger partial charge in [-0.15, -0.1) is 0 Å². The number of hydrogen-bond donors (Lipinski definition) is 3. The van der Waals surface area contributed by atoms with E-state index in [9.17, 15) is 4.79 Å². The third kappa shape index (κ3) is 4.73. The van der Waals surface area contributed by atoms with Gasteiger partial charge in [0.15, 0.2) is 5.11 Å². The zero-order chi connectivity index (χ0) is 15.1. The quantitative estimate of drug-likeness (QED) is 0.601. The Balaban J connectivity index is 1.79. The van der Waals surface area contributed by atoms with Crippen LogP contribution in [0, 0.1) is 0 Å². The molecule has 0 heterocycles. The van der Waals surface area contributed by atoms with Gasteiger partial charge in [-0.2, -0.15) is 0 Å². The van der Waals surface area contributed by atoms with Crippen LogP contribution in [0.3, 0.4) is 0 Å². The molecule has 2 aromatic carbocycles. The van der Waals surface area contributed by atoms with E-state index in [-0.39, 0.29) is 5.91 Å². The van der Waals surface area contributed by atoms with Crippen LogP contribution in [-0.4, -0.2) is 11.0 Å². The van der Waals surface area contributed by atoms with Gasteiger partial charge in [0, 0.05) is 6.54 Å². The zero-order valence-electron chi connectivity index (χ0n) is 11.1. The minimum atomic E-state index is -0.343. The number of rotatable bonds is 3. The third-order valence-corrected chi connectivity index (χ3v) is 3.28. The van der Waals surface area contributed by atoms with Gasteiger partial charge in [0.05, 0.1) is 10.6 Å². The Bertz CT molecular complexity index is 634. The number of nitrogens with one attached hydrogen (secondary N) is 3. The molecule has 0 aromatic heterocycles. The van der Waals surface area contributed by atoms with Crippen LogP contribution >= 0.6 is 23.8 Å². The lowest BCUT2D eigenvalue weighted by molar-refractivity contribution is 0.0944. The first-order chi connectivity index (χ1) is 10.2. The average Bonchev–Trinajstić information content (AvgIpc) is 2.52. The van der Waals surface area contributed by atoms with Crippen molar-refractivity contribution in [3.63, 3.8) is 0 Å². The molecule has 0 aliphatic carbocycles. The number of amides is 1. The van der Waals surface area contributed by atoms with Crippen LogP contribution in [0.5, 0.6) is 0 Å². The van der Waals surface area contributed by atoms with E-state index in [1.54, 1.807) is 24.3 Å². The Morgan fingerprint density at radius 3 is 2.38 bits per heavy atom. The summed E-state index contributed by atoms with van der Waals surface area (Å²) in [7, 11) is 0. The van der Waals surface area contributed by atoms with Gasteiger partial charge in [-0.05, 0) is 29.9 Å². The number of halogens is 1. The van der Waals surface area contributed by atoms with E-state index in [0.29, 0.717) is 22.2 Å². The first-order valence-electron chi connectivity index (χ1n) is 6.29. The van der Waals surface area contributed by atoms with Gasteiger partial charge in [-0.1, -0.05) is 54.1 Å². The highest BCUT2D eigenvalue weighted by atomic mass is 35.5. The first kappa shape index (κ1) is 15.3. The average molecular weight is 320 g/mol. The van der Waals surface area contributed by atoms with Crippen LogP contribution in [0.1, 0.15) is 15.9 Å². The van der Waals surface area contributed by atoms with Gasteiger partial charge in [0.1, 0.15) is 0 Å². The molecule has 4 nitrogen and oxygen atoms in total. The Labute approximate surface area is 133 Å². The van der Waals surface area contributed by atoms with E-state index in [0.717, 1.165) is 5.56 Å². The largest absolute Gasteiger partial charge is 0.357 e. The summed E-state index contributed by atoms with van der Waals surface area (Å²) in [5.41, 5.74) is 6.62. The van der Waals surface area contributed by atoms with Gasteiger partial charge in [0.2, 0.25) is 0 Å². The first-order valence-corrected chi connectivity index (χ1v) is 7.08. The number of thiocarbonyl (C=S) groups is 1. The summed E-state index contributed by atoms with van der Waals surface area (Å²) >= 11 is 11.0. The number of hydrogen-bond acceptors (Lipinski definition) is 2. The summed E-state index contributed by atoms with van der Waals surface area (Å²) in [5, 5.41) is 3.71. The smallest absolute Gasteiger partial charge is 0.271 e. The number of hydrazine groups is 1. The van der Waals surface area contributed by atoms with Crippen molar-refractivity contribution in [1.29, 1.82) is 0 Å². The fourth-order valence-electron chi connectivity index (χ4n) is 1.65. The second-order valence-corrected chi connectivity index (χ2v) is 5.04. The highest BCUT2D eigenvalue weighted by Crippen LogP contribution is 2.13. The van der Waals surface area contributed by atoms with E-state index >= 15 is 0 Å². The maximum Gasteiger partial charge on any atom is 0.271 e. The lowest BCUT2D eigenvalue weighted by atomic mass is 10.2. The van der Waals surface area contributed by atoms with E-state index in [1.807, 2.05) is 30.3 Å². The molecule has 21 heavy (non-hydrogen) atoms. The lowest BCUT2D eigenvalue weighted by Gasteiger charge is -2.12. The Kier molecular flexibility index (Phi) is 5.54. The van der Waals surface area contributed by atoms with Gasteiger partial charge >= 0.3 is 0 Å². The van der Waals surface area contributed by atoms with Gasteiger partial charge in [-0.3, -0.25) is 15.6 Å². The summed E-state index contributed by atoms with van der Waals surface area (Å²) in [4.78, 5) is 11.9. The molecule has 0 saturated carbocycles. The van der Waals surface area contributed by atoms with E-state index in [4.69, 9.17) is 23.8 Å². The van der Waals surface area contributed by atoms with E-state index in [2.05, 4.69) is 16.2 Å². The van der Waals surface area contributed by atoms with Gasteiger partial charge in [0.25, 0.3) is 5.91 Å². The molecular weight excluding hydrogens is 306 g/mol. The van der Waals surface area contributed by atoms with Crippen LogP contribution in [-0.2, 0) is 6.54 Å². The maximum absolute atomic E-state index is 11.9. The topological polar surface area (TPSA) is 53.2 Å². The van der Waals surface area contributed by atoms with Crippen molar-refractivity contribution >= 4 is 34.8 Å². The van der Waals surface area contributed by atoms with Crippen molar-refractivity contribution in [2.45, 2.75) is 6.54 Å². The Morgan fingerprint density at radius 2 is 1.67 bits per heavy atom. The normalized spacial score (nSPS) is 9.76. The number of benzene rings is 2. The van der Waals surface area contributed by atoms with Crippen molar-refractivity contribution < 1.29 is 4.79 Å². The molecule has 0 aliphatic rings. The van der Waals surface area contributed by atoms with E-state index in [1.165, 1.54) is 0 Å². The maximum atomic E-state index is 11.9. The molecule has 0 atom stereocenters. The Morgan fingerprint density at radius 1 is 1.00 bits per heavy atom. The predicted octanol–water partition coefficient (Wildman–Crippen LogP) is 2.65. The van der Waals surface area contributed by atoms with Gasteiger partial charge < -0.3 is 5.32 Å². The summed E-state index contributed by atoms with van der Waals surface area (Å²) in [6.07, 6.45) is 0. The second kappa shape index (κ2) is 7.61. The molecule has 0 spiro atoms. The molecule has 108 valence electrons. The molecule has 6 heteroatoms. The SMILES string of the molecule is O=C(NNC(=S)NCc1ccccc1)c1ccccc1Cl. The summed E-state index contributed by atoms with van der Waals surface area (Å²) < 4.78 is 0. The fraction of sp³-hybridized carbons (Fsp3) is 0.0667. The van der Waals surface area contributed by atoms with Crippen LogP contribution in [0.4, 0.5) is 0 Å². The monoisotopic (exact) mass is 319 g/mol. The van der Waals surface area contributed by atoms with E-state index < -0.39 is 0 Å². The molecule has 0 aliphatic heterocycles. The highest BCUT2D eigenvalue weighted by Gasteiger charge is 2.09. The highest BCUT2D eigenvalue weighted by molar-refractivity contribution is 7.80. The van der Waals surface area contributed by atoms with Crippen molar-refractivity contribution in [2.75, 3.05) is 0 Å². The fourth-order valence-corrected chi connectivity index (χ4v) is 1.99. The molecule has 0 fully saturated rings. The summed E-state index contributed by atoms with van der Waals surface area (Å²) in [6, 6.07) is 16.6. The van der Waals surface area contributed by atoms with Crippen LogP contribution in [0.25, 0.3) is 0 Å². The van der Waals surface area contributed by atoms with Crippen LogP contribution in [0.15, 0.2) is 54.6 Å². The van der Waals surface area contributed by atoms with Crippen molar-refractivity contribution in [1.82, 2.24) is 16.2 Å². The minimum absolute atomic E-state index is 0.333. The summed E-state index contributed by atoms with van der Waals surface area (Å²) in [5.74, 6) is -0.343. The van der Waals surface area contributed by atoms with Crippen LogP contribution in [0.2, 0.25) is 5.02 Å². The molecule has 1 amide bonds. The van der Waals surface area contributed by atoms with Gasteiger partial charge in [-0.25, -0.2) is 0 Å². The lowest BCUT2D eigenvalue weighted by Crippen LogP contribution is -2.46. The predicted molar refractivity (Wildman–Crippen MR) is 87.9 cm³/mol. The number of carbonyl (C=O) groups excluding carboxylic acids is 1. The van der Waals surface area contributed by atoms with Crippen molar-refractivity contribution in [3.05, 3.63) is 70.7 Å². The van der Waals surface area contributed by atoms with Crippen LogP contribution < -0.4 is 16.2 Å². The molecule has 0 bridgehead atoms. The zero-order valence-corrected chi connectivity index (χ0v) is 12.7. The molecular formula is C15H14ClN3OS.